The SMILES string of the molecule is O=C(Oc1ccco1)c1cccc([S+](c2ccccc2)c2ccccc2)c1. The lowest BCUT2D eigenvalue weighted by molar-refractivity contribution is 0.0694. The fourth-order valence-electron chi connectivity index (χ4n) is 2.74. The lowest BCUT2D eigenvalue weighted by atomic mass is 10.2. The molecule has 0 aliphatic rings. The summed E-state index contributed by atoms with van der Waals surface area (Å²) < 4.78 is 10.4. The molecular formula is C23H17O3S+. The summed E-state index contributed by atoms with van der Waals surface area (Å²) in [6.45, 7) is 0. The Morgan fingerprint density at radius 3 is 1.93 bits per heavy atom. The summed E-state index contributed by atoms with van der Waals surface area (Å²) in [6.07, 6.45) is 1.47. The Balaban J connectivity index is 1.72. The molecule has 4 aromatic rings. The molecule has 3 aromatic carbocycles. The minimum absolute atomic E-state index is 0.190. The molecule has 0 N–H and O–H groups in total. The van der Waals surface area contributed by atoms with Crippen LogP contribution in [0.2, 0.25) is 0 Å². The zero-order valence-corrected chi connectivity index (χ0v) is 15.3. The van der Waals surface area contributed by atoms with Crippen LogP contribution in [0, 0.1) is 0 Å². The van der Waals surface area contributed by atoms with E-state index in [9.17, 15) is 4.79 Å². The normalized spacial score (nSPS) is 10.7. The van der Waals surface area contributed by atoms with E-state index < -0.39 is 5.97 Å². The van der Waals surface area contributed by atoms with Crippen molar-refractivity contribution < 1.29 is 13.9 Å². The molecule has 3 nitrogen and oxygen atoms in total. The molecule has 0 saturated carbocycles. The van der Waals surface area contributed by atoms with Crippen molar-refractivity contribution in [3.8, 4) is 5.95 Å². The third-order valence-corrected chi connectivity index (χ3v) is 6.16. The maximum absolute atomic E-state index is 12.5. The van der Waals surface area contributed by atoms with Gasteiger partial charge in [0.15, 0.2) is 14.7 Å². The summed E-state index contributed by atoms with van der Waals surface area (Å²) in [7, 11) is -0.311. The van der Waals surface area contributed by atoms with E-state index >= 15 is 0 Å². The molecule has 0 atom stereocenters. The van der Waals surface area contributed by atoms with Gasteiger partial charge in [-0.15, -0.1) is 0 Å². The molecule has 4 rings (SSSR count). The van der Waals surface area contributed by atoms with Gasteiger partial charge in [-0.3, -0.25) is 0 Å². The fraction of sp³-hybridized carbons (Fsp3) is 0. The van der Waals surface area contributed by atoms with Crippen LogP contribution in [-0.4, -0.2) is 5.97 Å². The fourth-order valence-corrected chi connectivity index (χ4v) is 4.88. The van der Waals surface area contributed by atoms with Gasteiger partial charge >= 0.3 is 5.97 Å². The summed E-state index contributed by atoms with van der Waals surface area (Å²) in [4.78, 5) is 15.9. The van der Waals surface area contributed by atoms with E-state index in [0.29, 0.717) is 5.56 Å². The van der Waals surface area contributed by atoms with E-state index in [1.54, 1.807) is 18.2 Å². The smallest absolute Gasteiger partial charge is 0.346 e. The molecule has 0 fully saturated rings. The summed E-state index contributed by atoms with van der Waals surface area (Å²) in [6, 6.07) is 31.5. The quantitative estimate of drug-likeness (QED) is 0.338. The van der Waals surface area contributed by atoms with Crippen LogP contribution in [0.3, 0.4) is 0 Å². The molecule has 0 aliphatic carbocycles. The highest BCUT2D eigenvalue weighted by Crippen LogP contribution is 2.31. The molecule has 0 unspecified atom stereocenters. The lowest BCUT2D eigenvalue weighted by Gasteiger charge is -2.09. The maximum atomic E-state index is 12.5. The van der Waals surface area contributed by atoms with Gasteiger partial charge in [-0.2, -0.15) is 0 Å². The molecule has 0 amide bonds. The predicted octanol–water partition coefficient (Wildman–Crippen LogP) is 5.59. The predicted molar refractivity (Wildman–Crippen MR) is 105 cm³/mol. The highest BCUT2D eigenvalue weighted by Gasteiger charge is 2.29. The molecule has 132 valence electrons. The van der Waals surface area contributed by atoms with E-state index in [4.69, 9.17) is 9.15 Å². The average molecular weight is 373 g/mol. The van der Waals surface area contributed by atoms with E-state index in [1.807, 2.05) is 54.6 Å². The number of carbonyl (C=O) groups excluding carboxylic acids is 1. The van der Waals surface area contributed by atoms with Crippen LogP contribution in [-0.2, 0) is 10.9 Å². The third-order valence-electron chi connectivity index (χ3n) is 3.95. The first-order valence-corrected chi connectivity index (χ1v) is 9.74. The minimum Gasteiger partial charge on any atom is -0.434 e. The van der Waals surface area contributed by atoms with Crippen molar-refractivity contribution in [1.29, 1.82) is 0 Å². The number of ether oxygens (including phenoxy) is 1. The summed E-state index contributed by atoms with van der Waals surface area (Å²) in [5.74, 6) is -0.244. The Kier molecular flexibility index (Phi) is 5.08. The molecule has 1 aromatic heterocycles. The topological polar surface area (TPSA) is 39.4 Å². The van der Waals surface area contributed by atoms with Gasteiger partial charge in [-0.1, -0.05) is 42.5 Å². The molecule has 0 radical (unpaired) electrons. The van der Waals surface area contributed by atoms with Crippen molar-refractivity contribution in [3.05, 3.63) is 109 Å². The Labute approximate surface area is 160 Å². The summed E-state index contributed by atoms with van der Waals surface area (Å²) in [5, 5.41) is 0. The average Bonchev–Trinajstić information content (AvgIpc) is 3.23. The second-order valence-corrected chi connectivity index (χ2v) is 7.81. The Hall–Kier alpha value is -3.24. The van der Waals surface area contributed by atoms with E-state index in [1.165, 1.54) is 16.1 Å². The standard InChI is InChI=1S/C23H17O3S/c24-23(26-22-15-8-16-25-22)18-9-7-14-21(17-18)27(19-10-3-1-4-11-19)20-12-5-2-6-13-20/h1-17H/q+1. The first-order chi connectivity index (χ1) is 13.3. The Morgan fingerprint density at radius 1 is 0.704 bits per heavy atom. The second-order valence-electron chi connectivity index (χ2n) is 5.78. The van der Waals surface area contributed by atoms with Crippen LogP contribution in [0.5, 0.6) is 5.95 Å². The molecular weight excluding hydrogens is 356 g/mol. The van der Waals surface area contributed by atoms with Crippen molar-refractivity contribution >= 4 is 16.9 Å². The van der Waals surface area contributed by atoms with Gasteiger partial charge in [0.1, 0.15) is 0 Å². The molecule has 27 heavy (non-hydrogen) atoms. The van der Waals surface area contributed by atoms with Gasteiger partial charge in [-0.25, -0.2) is 4.79 Å². The Morgan fingerprint density at radius 2 is 1.33 bits per heavy atom. The first kappa shape index (κ1) is 17.2. The van der Waals surface area contributed by atoms with Gasteiger partial charge in [0.25, 0.3) is 5.95 Å². The largest absolute Gasteiger partial charge is 0.434 e. The number of hydrogen-bond acceptors (Lipinski definition) is 3. The molecule has 1 heterocycles. The van der Waals surface area contributed by atoms with Crippen molar-refractivity contribution in [3.63, 3.8) is 0 Å². The van der Waals surface area contributed by atoms with Crippen molar-refractivity contribution in [1.82, 2.24) is 0 Å². The van der Waals surface area contributed by atoms with Crippen molar-refractivity contribution in [2.45, 2.75) is 14.7 Å². The molecule has 0 aliphatic heterocycles. The number of esters is 1. The van der Waals surface area contributed by atoms with E-state index in [-0.39, 0.29) is 16.8 Å². The third kappa shape index (κ3) is 3.96. The number of furan rings is 1. The van der Waals surface area contributed by atoms with Crippen LogP contribution >= 0.6 is 0 Å². The first-order valence-electron chi connectivity index (χ1n) is 8.51. The second kappa shape index (κ2) is 7.98. The van der Waals surface area contributed by atoms with Gasteiger partial charge in [0, 0.05) is 12.1 Å². The van der Waals surface area contributed by atoms with Crippen LogP contribution in [0.15, 0.2) is 122 Å². The highest BCUT2D eigenvalue weighted by molar-refractivity contribution is 7.97. The Bertz CT molecular complexity index is 972. The number of carbonyl (C=O) groups is 1. The van der Waals surface area contributed by atoms with Crippen LogP contribution < -0.4 is 4.74 Å². The monoisotopic (exact) mass is 373 g/mol. The zero-order valence-electron chi connectivity index (χ0n) is 14.4. The van der Waals surface area contributed by atoms with Crippen LogP contribution in [0.25, 0.3) is 0 Å². The molecule has 0 bridgehead atoms. The highest BCUT2D eigenvalue weighted by atomic mass is 32.2. The van der Waals surface area contributed by atoms with E-state index in [0.717, 1.165) is 4.90 Å². The van der Waals surface area contributed by atoms with Gasteiger partial charge in [0.2, 0.25) is 0 Å². The maximum Gasteiger partial charge on any atom is 0.346 e. The summed E-state index contributed by atoms with van der Waals surface area (Å²) in [5.41, 5.74) is 0.494. The van der Waals surface area contributed by atoms with Gasteiger partial charge in [0.05, 0.1) is 22.7 Å². The lowest BCUT2D eigenvalue weighted by Crippen LogP contribution is -2.10. The molecule has 0 spiro atoms. The van der Waals surface area contributed by atoms with E-state index in [2.05, 4.69) is 24.3 Å². The molecule has 4 heteroatoms. The summed E-state index contributed by atoms with van der Waals surface area (Å²) >= 11 is 0. The zero-order chi connectivity index (χ0) is 18.5. The van der Waals surface area contributed by atoms with Crippen LogP contribution in [0.4, 0.5) is 0 Å². The number of hydrogen-bond donors (Lipinski definition) is 0. The number of benzene rings is 3. The van der Waals surface area contributed by atoms with Crippen molar-refractivity contribution in [2.24, 2.45) is 0 Å². The minimum atomic E-state index is -0.434. The van der Waals surface area contributed by atoms with Gasteiger partial charge < -0.3 is 9.15 Å². The molecule has 0 saturated heterocycles. The number of rotatable bonds is 5. The van der Waals surface area contributed by atoms with Crippen LogP contribution in [0.1, 0.15) is 10.4 Å². The van der Waals surface area contributed by atoms with Crippen molar-refractivity contribution in [2.75, 3.05) is 0 Å². The van der Waals surface area contributed by atoms with Gasteiger partial charge in [-0.05, 0) is 42.5 Å².